The van der Waals surface area contributed by atoms with E-state index in [9.17, 15) is 15.0 Å². The van der Waals surface area contributed by atoms with E-state index in [1.165, 1.54) is 44.1 Å². The molecule has 5 rings (SSSR count). The molecule has 0 radical (unpaired) electrons. The summed E-state index contributed by atoms with van der Waals surface area (Å²) in [6.45, 7) is 2.94. The molecule has 168 valence electrons. The van der Waals surface area contributed by atoms with E-state index in [0.29, 0.717) is 11.7 Å². The van der Waals surface area contributed by atoms with Crippen LogP contribution in [-0.2, 0) is 6.54 Å². The van der Waals surface area contributed by atoms with Crippen molar-refractivity contribution in [2.75, 3.05) is 13.1 Å². The molecule has 0 bridgehead atoms. The number of hydrogen-bond acceptors (Lipinski definition) is 3. The molecule has 3 aromatic rings. The smallest absolute Gasteiger partial charge is 0.335 e. The molecule has 0 spiro atoms. The second-order valence-corrected chi connectivity index (χ2v) is 9.46. The number of rotatable bonds is 5. The van der Waals surface area contributed by atoms with E-state index < -0.39 is 5.97 Å². The Morgan fingerprint density at radius 2 is 1.75 bits per heavy atom. The molecule has 1 aliphatic carbocycles. The third-order valence-electron chi connectivity index (χ3n) is 7.33. The normalized spacial score (nSPS) is 18.2. The van der Waals surface area contributed by atoms with Gasteiger partial charge in [0, 0.05) is 28.6 Å². The van der Waals surface area contributed by atoms with Crippen LogP contribution in [0.5, 0.6) is 5.75 Å². The summed E-state index contributed by atoms with van der Waals surface area (Å²) in [7, 11) is 0. The highest BCUT2D eigenvalue weighted by Crippen LogP contribution is 2.45. The van der Waals surface area contributed by atoms with E-state index in [2.05, 4.69) is 9.88 Å². The monoisotopic (exact) mass is 432 g/mol. The maximum Gasteiger partial charge on any atom is 0.335 e. The van der Waals surface area contributed by atoms with Crippen molar-refractivity contribution in [3.8, 4) is 17.0 Å². The Kier molecular flexibility index (Phi) is 5.92. The minimum Gasteiger partial charge on any atom is -0.507 e. The van der Waals surface area contributed by atoms with Gasteiger partial charge >= 0.3 is 5.97 Å². The van der Waals surface area contributed by atoms with Crippen molar-refractivity contribution in [3.63, 3.8) is 0 Å². The molecule has 0 amide bonds. The van der Waals surface area contributed by atoms with E-state index >= 15 is 0 Å². The number of carboxylic acid groups (broad SMARTS) is 1. The van der Waals surface area contributed by atoms with Gasteiger partial charge in [0.1, 0.15) is 5.75 Å². The van der Waals surface area contributed by atoms with Crippen LogP contribution in [0.15, 0.2) is 36.4 Å². The number of carboxylic acids is 1. The lowest BCUT2D eigenvalue weighted by Gasteiger charge is -2.27. The largest absolute Gasteiger partial charge is 0.507 e. The second kappa shape index (κ2) is 8.99. The summed E-state index contributed by atoms with van der Waals surface area (Å²) in [5.41, 5.74) is 5.09. The predicted octanol–water partition coefficient (Wildman–Crippen LogP) is 6.27. The Hall–Kier alpha value is -2.79. The Morgan fingerprint density at radius 3 is 2.50 bits per heavy atom. The van der Waals surface area contributed by atoms with E-state index in [0.717, 1.165) is 60.2 Å². The fraction of sp³-hybridized carbons (Fsp3) is 0.444. The summed E-state index contributed by atoms with van der Waals surface area (Å²) in [5, 5.41) is 21.9. The number of phenolic OH excluding ortho intramolecular Hbond substituents is 1. The van der Waals surface area contributed by atoms with Gasteiger partial charge < -0.3 is 15.2 Å². The van der Waals surface area contributed by atoms with Crippen molar-refractivity contribution in [2.45, 2.75) is 63.8 Å². The molecule has 0 unspecified atom stereocenters. The Labute approximate surface area is 189 Å². The number of aromatic carboxylic acids is 1. The van der Waals surface area contributed by atoms with Crippen molar-refractivity contribution >= 4 is 16.9 Å². The lowest BCUT2D eigenvalue weighted by Crippen LogP contribution is -2.29. The minimum atomic E-state index is -0.923. The van der Waals surface area contributed by atoms with Crippen molar-refractivity contribution < 1.29 is 15.0 Å². The molecule has 3 N–H and O–H groups in total. The number of aromatic amines is 1. The molecule has 32 heavy (non-hydrogen) atoms. The highest BCUT2D eigenvalue weighted by atomic mass is 16.4. The zero-order chi connectivity index (χ0) is 22.1. The number of hydrogen-bond donors (Lipinski definition) is 3. The van der Waals surface area contributed by atoms with Crippen LogP contribution < -0.4 is 0 Å². The minimum absolute atomic E-state index is 0.281. The Morgan fingerprint density at radius 1 is 1.00 bits per heavy atom. The van der Waals surface area contributed by atoms with Crippen molar-refractivity contribution in [2.24, 2.45) is 0 Å². The predicted molar refractivity (Wildman–Crippen MR) is 127 cm³/mol. The molecule has 1 aromatic heterocycles. The molecule has 2 heterocycles. The topological polar surface area (TPSA) is 76.6 Å². The molecule has 0 atom stereocenters. The summed E-state index contributed by atoms with van der Waals surface area (Å²) in [5.74, 6) is -0.151. The zero-order valence-corrected chi connectivity index (χ0v) is 18.6. The summed E-state index contributed by atoms with van der Waals surface area (Å²) >= 11 is 0. The average molecular weight is 433 g/mol. The molecule has 5 heteroatoms. The number of phenols is 1. The third kappa shape index (κ3) is 4.02. The number of benzene rings is 2. The number of fused-ring (bicyclic) bond motifs is 1. The summed E-state index contributed by atoms with van der Waals surface area (Å²) < 4.78 is 0. The first-order chi connectivity index (χ1) is 15.6. The molecule has 5 nitrogen and oxygen atoms in total. The van der Waals surface area contributed by atoms with Gasteiger partial charge in [-0.3, -0.25) is 4.90 Å². The lowest BCUT2D eigenvalue weighted by molar-refractivity contribution is 0.0697. The van der Waals surface area contributed by atoms with Crippen LogP contribution in [0, 0.1) is 0 Å². The molecule has 1 saturated heterocycles. The van der Waals surface area contributed by atoms with E-state index in [1.807, 2.05) is 24.3 Å². The Balaban J connectivity index is 1.61. The number of H-pyrrole nitrogens is 1. The van der Waals surface area contributed by atoms with Crippen molar-refractivity contribution in [1.29, 1.82) is 0 Å². The van der Waals surface area contributed by atoms with E-state index in [1.54, 1.807) is 12.1 Å². The van der Waals surface area contributed by atoms with Gasteiger partial charge in [-0.1, -0.05) is 43.9 Å². The van der Waals surface area contributed by atoms with Crippen LogP contribution in [0.4, 0.5) is 0 Å². The van der Waals surface area contributed by atoms with Crippen molar-refractivity contribution in [3.05, 3.63) is 53.1 Å². The van der Waals surface area contributed by atoms with Gasteiger partial charge in [0.25, 0.3) is 0 Å². The first-order valence-corrected chi connectivity index (χ1v) is 12.0. The van der Waals surface area contributed by atoms with Gasteiger partial charge in [-0.2, -0.15) is 0 Å². The SMILES string of the molecule is O=C(O)c1ccc2c(C3CCCCC3)c(-c3cccc(CN4CCCCC4)c3O)[nH]c2c1. The number of aromatic hydroxyl groups is 1. The number of para-hydroxylation sites is 1. The zero-order valence-electron chi connectivity index (χ0n) is 18.6. The first-order valence-electron chi connectivity index (χ1n) is 12.0. The molecule has 2 fully saturated rings. The molecule has 1 saturated carbocycles. The molecular formula is C27H32N2O3. The fourth-order valence-electron chi connectivity index (χ4n) is 5.66. The third-order valence-corrected chi connectivity index (χ3v) is 7.33. The second-order valence-electron chi connectivity index (χ2n) is 9.46. The highest BCUT2D eigenvalue weighted by molar-refractivity contribution is 5.98. The van der Waals surface area contributed by atoms with Crippen LogP contribution >= 0.6 is 0 Å². The van der Waals surface area contributed by atoms with Crippen LogP contribution in [0.1, 0.15) is 78.8 Å². The van der Waals surface area contributed by atoms with Crippen LogP contribution in [0.25, 0.3) is 22.2 Å². The fourth-order valence-corrected chi connectivity index (χ4v) is 5.66. The molecule has 2 aromatic carbocycles. The summed E-state index contributed by atoms with van der Waals surface area (Å²) in [6.07, 6.45) is 9.70. The van der Waals surface area contributed by atoms with E-state index in [4.69, 9.17) is 0 Å². The van der Waals surface area contributed by atoms with Gasteiger partial charge in [-0.25, -0.2) is 4.79 Å². The van der Waals surface area contributed by atoms with Gasteiger partial charge in [-0.15, -0.1) is 0 Å². The van der Waals surface area contributed by atoms with Crippen LogP contribution in [0.3, 0.4) is 0 Å². The lowest BCUT2D eigenvalue weighted by atomic mass is 9.81. The quantitative estimate of drug-likeness (QED) is 0.444. The number of nitrogens with zero attached hydrogens (tertiary/aromatic N) is 1. The molecular weight excluding hydrogens is 400 g/mol. The van der Waals surface area contributed by atoms with Crippen molar-refractivity contribution in [1.82, 2.24) is 9.88 Å². The number of likely N-dealkylation sites (tertiary alicyclic amines) is 1. The number of carbonyl (C=O) groups is 1. The summed E-state index contributed by atoms with van der Waals surface area (Å²) in [6, 6.07) is 11.4. The maximum atomic E-state index is 11.5. The van der Waals surface area contributed by atoms with Crippen LogP contribution in [0.2, 0.25) is 0 Å². The van der Waals surface area contributed by atoms with Gasteiger partial charge in [0.2, 0.25) is 0 Å². The standard InChI is InChI=1S/C27H32N2O3/c30-26-20(17-29-14-5-2-6-15-29)10-7-11-22(26)25-24(18-8-3-1-4-9-18)21-13-12-19(27(31)32)16-23(21)28-25/h7,10-13,16,18,28,30H,1-6,8-9,14-15,17H2,(H,31,32). The van der Waals surface area contributed by atoms with Gasteiger partial charge in [-0.05, 0) is 68.5 Å². The number of nitrogens with one attached hydrogen (secondary N) is 1. The highest BCUT2D eigenvalue weighted by Gasteiger charge is 2.26. The number of aromatic nitrogens is 1. The van der Waals surface area contributed by atoms with Gasteiger partial charge in [0.15, 0.2) is 0 Å². The van der Waals surface area contributed by atoms with E-state index in [-0.39, 0.29) is 5.56 Å². The Bertz CT molecular complexity index is 1120. The average Bonchev–Trinajstić information content (AvgIpc) is 3.20. The maximum absolute atomic E-state index is 11.5. The molecule has 2 aliphatic rings. The molecule has 1 aliphatic heterocycles. The van der Waals surface area contributed by atoms with Crippen LogP contribution in [-0.4, -0.2) is 39.2 Å². The first kappa shape index (κ1) is 21.1. The summed E-state index contributed by atoms with van der Waals surface area (Å²) in [4.78, 5) is 17.5. The van der Waals surface area contributed by atoms with Gasteiger partial charge in [0.05, 0.1) is 11.3 Å². The number of piperidine rings is 1.